The molecule has 0 N–H and O–H groups in total. The third kappa shape index (κ3) is 2.73. The lowest BCUT2D eigenvalue weighted by Crippen LogP contribution is -1.80. The van der Waals surface area contributed by atoms with E-state index in [0.717, 1.165) is 6.42 Å². The van der Waals surface area contributed by atoms with Crippen LogP contribution < -0.4 is 0 Å². The Bertz CT molecular complexity index is 409. The highest BCUT2D eigenvalue weighted by Gasteiger charge is 2.17. The molecule has 0 aromatic heterocycles. The molecule has 84 valence electrons. The molecule has 0 unspecified atom stereocenters. The van der Waals surface area contributed by atoms with E-state index in [2.05, 4.69) is 50.8 Å². The van der Waals surface area contributed by atoms with Gasteiger partial charge >= 0.3 is 0 Å². The molecule has 0 spiro atoms. The molecule has 0 nitrogen and oxygen atoms in total. The van der Waals surface area contributed by atoms with Crippen molar-refractivity contribution in [3.8, 4) is 0 Å². The molecule has 16 heavy (non-hydrogen) atoms. The van der Waals surface area contributed by atoms with Gasteiger partial charge < -0.3 is 0 Å². The van der Waals surface area contributed by atoms with Gasteiger partial charge in [0.05, 0.1) is 0 Å². The van der Waals surface area contributed by atoms with Crippen LogP contribution in [-0.4, -0.2) is 0 Å². The highest BCUT2D eigenvalue weighted by molar-refractivity contribution is 5.59. The molecule has 0 aromatic carbocycles. The summed E-state index contributed by atoms with van der Waals surface area (Å²) in [6.07, 6.45) is 15.6. The van der Waals surface area contributed by atoms with E-state index >= 15 is 0 Å². The topological polar surface area (TPSA) is 0 Å². The predicted octanol–water partition coefficient (Wildman–Crippen LogP) is 4.90. The van der Waals surface area contributed by atoms with Crippen molar-refractivity contribution in [2.75, 3.05) is 0 Å². The average molecular weight is 212 g/mol. The molecule has 1 rings (SSSR count). The van der Waals surface area contributed by atoms with Crippen LogP contribution in [0.1, 0.15) is 27.2 Å². The summed E-state index contributed by atoms with van der Waals surface area (Å²) in [5.74, 6) is 0. The summed E-state index contributed by atoms with van der Waals surface area (Å²) in [7, 11) is 0. The normalized spacial score (nSPS) is 22.2. The Kier molecular flexibility index (Phi) is 4.78. The lowest BCUT2D eigenvalue weighted by molar-refractivity contribution is 1.25. The Hall–Kier alpha value is -1.56. The van der Waals surface area contributed by atoms with Crippen molar-refractivity contribution in [1.82, 2.24) is 0 Å². The molecule has 1 aliphatic rings. The third-order valence-corrected chi connectivity index (χ3v) is 2.82. The molecule has 1 aliphatic carbocycles. The maximum Gasteiger partial charge on any atom is -0.00170 e. The second-order valence-corrected chi connectivity index (χ2v) is 3.84. The summed E-state index contributed by atoms with van der Waals surface area (Å²) in [4.78, 5) is 0. The zero-order valence-electron chi connectivity index (χ0n) is 10.5. The van der Waals surface area contributed by atoms with Gasteiger partial charge in [-0.1, -0.05) is 49.1 Å². The first-order chi connectivity index (χ1) is 7.74. The van der Waals surface area contributed by atoms with Gasteiger partial charge in [-0.15, -0.1) is 0 Å². The number of hydrogen-bond acceptors (Lipinski definition) is 0. The number of allylic oxidation sites excluding steroid dienone is 11. The van der Waals surface area contributed by atoms with Crippen LogP contribution in [0.3, 0.4) is 0 Å². The SMILES string of the molecule is C=C/C=C1CC(/C=C\C=C\C)=C(C)C/1=C/C. The Morgan fingerprint density at radius 2 is 1.94 bits per heavy atom. The smallest absolute Gasteiger partial charge is 0.00170 e. The van der Waals surface area contributed by atoms with Crippen LogP contribution in [-0.2, 0) is 0 Å². The highest BCUT2D eigenvalue weighted by atomic mass is 14.2. The van der Waals surface area contributed by atoms with Gasteiger partial charge in [0.25, 0.3) is 0 Å². The van der Waals surface area contributed by atoms with Crippen LogP contribution >= 0.6 is 0 Å². The Morgan fingerprint density at radius 1 is 1.19 bits per heavy atom. The molecule has 0 aliphatic heterocycles. The maximum atomic E-state index is 3.77. The molecule has 0 heteroatoms. The molecule has 0 atom stereocenters. The zero-order valence-corrected chi connectivity index (χ0v) is 10.5. The van der Waals surface area contributed by atoms with E-state index in [1.807, 2.05) is 19.1 Å². The summed E-state index contributed by atoms with van der Waals surface area (Å²) in [6.45, 7) is 10.1. The van der Waals surface area contributed by atoms with Crippen LogP contribution in [0.4, 0.5) is 0 Å². The van der Waals surface area contributed by atoms with Crippen LogP contribution in [0.5, 0.6) is 0 Å². The fourth-order valence-corrected chi connectivity index (χ4v) is 2.01. The fraction of sp³-hybridized carbons (Fsp3) is 0.250. The minimum absolute atomic E-state index is 1.02. The van der Waals surface area contributed by atoms with Gasteiger partial charge in [-0.05, 0) is 49.5 Å². The van der Waals surface area contributed by atoms with Crippen molar-refractivity contribution in [1.29, 1.82) is 0 Å². The predicted molar refractivity (Wildman–Crippen MR) is 73.3 cm³/mol. The van der Waals surface area contributed by atoms with E-state index in [-0.39, 0.29) is 0 Å². The van der Waals surface area contributed by atoms with Gasteiger partial charge in [0.15, 0.2) is 0 Å². The van der Waals surface area contributed by atoms with Crippen molar-refractivity contribution >= 4 is 0 Å². The van der Waals surface area contributed by atoms with Gasteiger partial charge in [-0.25, -0.2) is 0 Å². The molecule has 0 heterocycles. The summed E-state index contributed by atoms with van der Waals surface area (Å²) in [5.41, 5.74) is 5.52. The van der Waals surface area contributed by atoms with Crippen molar-refractivity contribution in [3.63, 3.8) is 0 Å². The van der Waals surface area contributed by atoms with Crippen LogP contribution in [0.25, 0.3) is 0 Å². The van der Waals surface area contributed by atoms with Gasteiger partial charge in [-0.3, -0.25) is 0 Å². The van der Waals surface area contributed by atoms with Crippen LogP contribution in [0.2, 0.25) is 0 Å². The first-order valence-corrected chi connectivity index (χ1v) is 5.72. The number of hydrogen-bond donors (Lipinski definition) is 0. The van der Waals surface area contributed by atoms with E-state index < -0.39 is 0 Å². The van der Waals surface area contributed by atoms with Crippen LogP contribution in [0.15, 0.2) is 71.4 Å². The van der Waals surface area contributed by atoms with Crippen molar-refractivity contribution in [2.24, 2.45) is 0 Å². The molecule has 0 aromatic rings. The summed E-state index contributed by atoms with van der Waals surface area (Å²) < 4.78 is 0. The quantitative estimate of drug-likeness (QED) is 0.584. The van der Waals surface area contributed by atoms with Gasteiger partial charge in [-0.2, -0.15) is 0 Å². The molecule has 0 radical (unpaired) electrons. The molecule has 0 bridgehead atoms. The summed E-state index contributed by atoms with van der Waals surface area (Å²) >= 11 is 0. The van der Waals surface area contributed by atoms with E-state index in [4.69, 9.17) is 0 Å². The second kappa shape index (κ2) is 6.12. The lowest BCUT2D eigenvalue weighted by Gasteiger charge is -2.00. The zero-order chi connectivity index (χ0) is 12.0. The van der Waals surface area contributed by atoms with Crippen molar-refractivity contribution in [3.05, 3.63) is 71.4 Å². The third-order valence-electron chi connectivity index (χ3n) is 2.82. The van der Waals surface area contributed by atoms with E-state index in [0.29, 0.717) is 0 Å². The standard InChI is InChI=1S/C16H20/c1-5-8-9-11-14-12-15(10-6-2)16(7-3)13(14)4/h5-11H,2,12H2,1,3-4H3/b8-5+,11-9-,15-10-,16-7-. The van der Waals surface area contributed by atoms with Gasteiger partial charge in [0.2, 0.25) is 0 Å². The second-order valence-electron chi connectivity index (χ2n) is 3.84. The first kappa shape index (κ1) is 12.5. The minimum atomic E-state index is 1.02. The lowest BCUT2D eigenvalue weighted by atomic mass is 10.1. The Labute approximate surface area is 99.1 Å². The molecular formula is C16H20. The molecule has 0 saturated carbocycles. The van der Waals surface area contributed by atoms with E-state index in [1.165, 1.54) is 22.3 Å². The molecule has 0 fully saturated rings. The molecular weight excluding hydrogens is 192 g/mol. The fourth-order valence-electron chi connectivity index (χ4n) is 2.01. The Morgan fingerprint density at radius 3 is 2.50 bits per heavy atom. The van der Waals surface area contributed by atoms with E-state index in [1.54, 1.807) is 0 Å². The van der Waals surface area contributed by atoms with Crippen molar-refractivity contribution < 1.29 is 0 Å². The maximum absolute atomic E-state index is 3.77. The molecule has 0 amide bonds. The minimum Gasteiger partial charge on any atom is -0.0991 e. The highest BCUT2D eigenvalue weighted by Crippen LogP contribution is 2.36. The number of rotatable bonds is 3. The van der Waals surface area contributed by atoms with Crippen LogP contribution in [0, 0.1) is 0 Å². The average Bonchev–Trinajstić information content (AvgIpc) is 2.56. The van der Waals surface area contributed by atoms with E-state index in [9.17, 15) is 0 Å². The monoisotopic (exact) mass is 212 g/mol. The van der Waals surface area contributed by atoms with Crippen molar-refractivity contribution in [2.45, 2.75) is 27.2 Å². The summed E-state index contributed by atoms with van der Waals surface area (Å²) in [5, 5.41) is 0. The first-order valence-electron chi connectivity index (χ1n) is 5.72. The van der Waals surface area contributed by atoms with Gasteiger partial charge in [0, 0.05) is 0 Å². The van der Waals surface area contributed by atoms with Gasteiger partial charge in [0.1, 0.15) is 0 Å². The largest absolute Gasteiger partial charge is 0.0991 e. The summed E-state index contributed by atoms with van der Waals surface area (Å²) in [6, 6.07) is 0. The Balaban J connectivity index is 3.00. The molecule has 0 saturated heterocycles.